The third-order valence-electron chi connectivity index (χ3n) is 5.03. The Bertz CT molecular complexity index is 965. The van der Waals surface area contributed by atoms with Crippen LogP contribution in [-0.4, -0.2) is 24.0 Å². The average Bonchev–Trinajstić information content (AvgIpc) is 3.13. The molecule has 0 aliphatic carbocycles. The molecular weight excluding hydrogens is 334 g/mol. The van der Waals surface area contributed by atoms with E-state index in [1.165, 1.54) is 11.3 Å². The van der Waals surface area contributed by atoms with Crippen LogP contribution in [0.2, 0.25) is 0 Å². The topological polar surface area (TPSA) is 36.4 Å². The number of nitrogens with zero attached hydrogens (tertiary/aromatic N) is 3. The second-order valence-electron chi connectivity index (χ2n) is 6.82. The number of hydrogen-bond donors (Lipinski definition) is 0. The number of amides is 1. The summed E-state index contributed by atoms with van der Waals surface area (Å²) < 4.78 is 0. The van der Waals surface area contributed by atoms with Crippen LogP contribution in [-0.2, 0) is 6.42 Å². The number of hydrogen-bond acceptors (Lipinski definition) is 3. The highest BCUT2D eigenvalue weighted by Gasteiger charge is 2.22. The van der Waals surface area contributed by atoms with Gasteiger partial charge < -0.3 is 9.80 Å². The maximum absolute atomic E-state index is 13.0. The van der Waals surface area contributed by atoms with E-state index in [1.54, 1.807) is 11.1 Å². The number of pyridine rings is 1. The van der Waals surface area contributed by atoms with Crippen LogP contribution in [0.15, 0.2) is 66.9 Å². The minimum Gasteiger partial charge on any atom is -0.326 e. The van der Waals surface area contributed by atoms with Gasteiger partial charge in [-0.15, -0.1) is 0 Å². The first-order valence-corrected chi connectivity index (χ1v) is 9.37. The molecule has 2 aromatic carbocycles. The third kappa shape index (κ3) is 3.31. The molecule has 3 aromatic rings. The Hall–Kier alpha value is -3.14. The van der Waals surface area contributed by atoms with Gasteiger partial charge in [0, 0.05) is 30.7 Å². The SMILES string of the molecule is CCN(C(=O)c1ccc(N2CCc3ccccc32)nc1)c1cccc(C)c1. The second kappa shape index (κ2) is 7.23. The predicted molar refractivity (Wildman–Crippen MR) is 110 cm³/mol. The molecule has 27 heavy (non-hydrogen) atoms. The number of aromatic nitrogens is 1. The van der Waals surface area contributed by atoms with Crippen molar-refractivity contribution in [2.45, 2.75) is 20.3 Å². The highest BCUT2D eigenvalue weighted by atomic mass is 16.2. The summed E-state index contributed by atoms with van der Waals surface area (Å²) in [4.78, 5) is 21.6. The molecule has 4 rings (SSSR count). The van der Waals surface area contributed by atoms with E-state index in [9.17, 15) is 4.79 Å². The van der Waals surface area contributed by atoms with E-state index in [1.807, 2.05) is 50.2 Å². The lowest BCUT2D eigenvalue weighted by Gasteiger charge is -2.22. The van der Waals surface area contributed by atoms with E-state index >= 15 is 0 Å². The minimum atomic E-state index is -0.0241. The molecule has 0 saturated carbocycles. The van der Waals surface area contributed by atoms with E-state index in [0.29, 0.717) is 12.1 Å². The van der Waals surface area contributed by atoms with Gasteiger partial charge in [-0.2, -0.15) is 0 Å². The zero-order chi connectivity index (χ0) is 18.8. The summed E-state index contributed by atoms with van der Waals surface area (Å²) >= 11 is 0. The number of rotatable bonds is 4. The molecule has 1 aliphatic heterocycles. The van der Waals surface area contributed by atoms with E-state index in [0.717, 1.165) is 30.0 Å². The first kappa shape index (κ1) is 17.3. The number of benzene rings is 2. The van der Waals surface area contributed by atoms with Crippen molar-refractivity contribution in [3.05, 3.63) is 83.6 Å². The molecule has 0 unspecified atom stereocenters. The molecule has 0 atom stereocenters. The van der Waals surface area contributed by atoms with Crippen molar-refractivity contribution in [3.63, 3.8) is 0 Å². The van der Waals surface area contributed by atoms with E-state index in [-0.39, 0.29) is 5.91 Å². The quantitative estimate of drug-likeness (QED) is 0.676. The van der Waals surface area contributed by atoms with Crippen LogP contribution < -0.4 is 9.80 Å². The molecule has 4 nitrogen and oxygen atoms in total. The van der Waals surface area contributed by atoms with Crippen LogP contribution >= 0.6 is 0 Å². The Kier molecular flexibility index (Phi) is 4.63. The summed E-state index contributed by atoms with van der Waals surface area (Å²) in [5.41, 5.74) is 5.21. The fourth-order valence-electron chi connectivity index (χ4n) is 3.64. The molecule has 1 aromatic heterocycles. The number of carbonyl (C=O) groups excluding carboxylic acids is 1. The number of para-hydroxylation sites is 1. The molecule has 1 amide bonds. The van der Waals surface area contributed by atoms with Gasteiger partial charge in [0.15, 0.2) is 0 Å². The molecule has 1 aliphatic rings. The Labute approximate surface area is 160 Å². The van der Waals surface area contributed by atoms with Gasteiger partial charge in [-0.25, -0.2) is 4.98 Å². The molecular formula is C23H23N3O. The maximum atomic E-state index is 13.0. The van der Waals surface area contributed by atoms with Crippen LogP contribution in [0.25, 0.3) is 0 Å². The smallest absolute Gasteiger partial charge is 0.259 e. The molecule has 2 heterocycles. The Morgan fingerprint density at radius 1 is 1.11 bits per heavy atom. The van der Waals surface area contributed by atoms with Gasteiger partial charge in [0.05, 0.1) is 5.56 Å². The molecule has 0 fully saturated rings. The summed E-state index contributed by atoms with van der Waals surface area (Å²) in [5, 5.41) is 0. The summed E-state index contributed by atoms with van der Waals surface area (Å²) in [6, 6.07) is 20.2. The van der Waals surface area contributed by atoms with Crippen molar-refractivity contribution in [3.8, 4) is 0 Å². The van der Waals surface area contributed by atoms with Gasteiger partial charge in [0.1, 0.15) is 5.82 Å². The molecule has 0 spiro atoms. The van der Waals surface area contributed by atoms with Crippen molar-refractivity contribution in [1.82, 2.24) is 4.98 Å². The summed E-state index contributed by atoms with van der Waals surface area (Å²) in [6.45, 7) is 5.56. The minimum absolute atomic E-state index is 0.0241. The van der Waals surface area contributed by atoms with Crippen molar-refractivity contribution in [1.29, 1.82) is 0 Å². The molecule has 4 heteroatoms. The summed E-state index contributed by atoms with van der Waals surface area (Å²) in [5.74, 6) is 0.860. The zero-order valence-corrected chi connectivity index (χ0v) is 15.7. The predicted octanol–water partition coefficient (Wildman–Crippen LogP) is 4.75. The van der Waals surface area contributed by atoms with Gasteiger partial charge >= 0.3 is 0 Å². The van der Waals surface area contributed by atoms with Gasteiger partial charge in [-0.3, -0.25) is 4.79 Å². The third-order valence-corrected chi connectivity index (χ3v) is 5.03. The Morgan fingerprint density at radius 2 is 1.96 bits per heavy atom. The van der Waals surface area contributed by atoms with E-state index in [2.05, 4.69) is 34.1 Å². The van der Waals surface area contributed by atoms with Gasteiger partial charge in [0.2, 0.25) is 0 Å². The van der Waals surface area contributed by atoms with Gasteiger partial charge in [0.25, 0.3) is 5.91 Å². The normalized spacial score (nSPS) is 12.7. The fourth-order valence-corrected chi connectivity index (χ4v) is 3.64. The Morgan fingerprint density at radius 3 is 2.70 bits per heavy atom. The number of carbonyl (C=O) groups is 1. The molecule has 136 valence electrons. The Balaban J connectivity index is 1.58. The first-order valence-electron chi connectivity index (χ1n) is 9.37. The van der Waals surface area contributed by atoms with E-state index in [4.69, 9.17) is 0 Å². The lowest BCUT2D eigenvalue weighted by molar-refractivity contribution is 0.0988. The monoisotopic (exact) mass is 357 g/mol. The van der Waals surface area contributed by atoms with Crippen LogP contribution in [0.4, 0.5) is 17.2 Å². The van der Waals surface area contributed by atoms with Crippen molar-refractivity contribution >= 4 is 23.1 Å². The van der Waals surface area contributed by atoms with Crippen molar-refractivity contribution in [2.75, 3.05) is 22.9 Å². The molecule has 0 N–H and O–H groups in total. The maximum Gasteiger partial charge on any atom is 0.259 e. The summed E-state index contributed by atoms with van der Waals surface area (Å²) in [6.07, 6.45) is 2.71. The number of fused-ring (bicyclic) bond motifs is 1. The van der Waals surface area contributed by atoms with Crippen LogP contribution in [0.5, 0.6) is 0 Å². The van der Waals surface area contributed by atoms with Crippen molar-refractivity contribution in [2.24, 2.45) is 0 Å². The number of aryl methyl sites for hydroxylation is 1. The fraction of sp³-hybridized carbons (Fsp3) is 0.217. The zero-order valence-electron chi connectivity index (χ0n) is 15.7. The molecule has 0 radical (unpaired) electrons. The van der Waals surface area contributed by atoms with Crippen molar-refractivity contribution < 1.29 is 4.79 Å². The second-order valence-corrected chi connectivity index (χ2v) is 6.82. The average molecular weight is 357 g/mol. The summed E-state index contributed by atoms with van der Waals surface area (Å²) in [7, 11) is 0. The molecule has 0 bridgehead atoms. The highest BCUT2D eigenvalue weighted by molar-refractivity contribution is 6.06. The van der Waals surface area contributed by atoms with Crippen LogP contribution in [0, 0.1) is 6.92 Å². The lowest BCUT2D eigenvalue weighted by Crippen LogP contribution is -2.30. The number of anilines is 3. The van der Waals surface area contributed by atoms with Crippen LogP contribution in [0.3, 0.4) is 0 Å². The highest BCUT2D eigenvalue weighted by Crippen LogP contribution is 2.33. The largest absolute Gasteiger partial charge is 0.326 e. The first-order chi connectivity index (χ1) is 13.2. The molecule has 0 saturated heterocycles. The van der Waals surface area contributed by atoms with Gasteiger partial charge in [-0.1, -0.05) is 30.3 Å². The lowest BCUT2D eigenvalue weighted by atomic mass is 10.1. The van der Waals surface area contributed by atoms with E-state index < -0.39 is 0 Å². The van der Waals surface area contributed by atoms with Crippen LogP contribution in [0.1, 0.15) is 28.4 Å². The standard InChI is InChI=1S/C23H23N3O/c1-3-25(20-9-6-7-17(2)15-20)23(27)19-11-12-22(24-16-19)26-14-13-18-8-4-5-10-21(18)26/h4-12,15-16H,3,13-14H2,1-2H3. The van der Waals surface area contributed by atoms with Gasteiger partial charge in [-0.05, 0) is 61.7 Å².